The first-order valence-electron chi connectivity index (χ1n) is 5.03. The fourth-order valence-corrected chi connectivity index (χ4v) is 1.80. The van der Waals surface area contributed by atoms with Crippen LogP contribution < -0.4 is 5.32 Å². The molecule has 1 aromatic carbocycles. The molecule has 0 atom stereocenters. The number of hydrogen-bond donors (Lipinski definition) is 2. The van der Waals surface area contributed by atoms with Crippen LogP contribution >= 0.6 is 0 Å². The number of aromatic carboxylic acids is 1. The molecule has 0 aliphatic heterocycles. The summed E-state index contributed by atoms with van der Waals surface area (Å²) in [6, 6.07) is 5.07. The maximum Gasteiger partial charge on any atom is 0.372 e. The molecule has 0 aliphatic carbocycles. The van der Waals surface area contributed by atoms with Gasteiger partial charge in [0.1, 0.15) is 5.58 Å². The first-order valence-corrected chi connectivity index (χ1v) is 5.03. The predicted octanol–water partition coefficient (Wildman–Crippen LogP) is 2.40. The van der Waals surface area contributed by atoms with Crippen molar-refractivity contribution in [2.24, 2.45) is 0 Å². The number of nitrogens with one attached hydrogen (secondary N) is 1. The lowest BCUT2D eigenvalue weighted by Crippen LogP contribution is -2.06. The zero-order valence-electron chi connectivity index (χ0n) is 9.40. The van der Waals surface area contributed by atoms with Gasteiger partial charge in [-0.1, -0.05) is 6.07 Å². The third-order valence-corrected chi connectivity index (χ3v) is 2.46. The molecule has 5 nitrogen and oxygen atoms in total. The molecule has 2 N–H and O–H groups in total. The number of carbonyl (C=O) groups is 2. The fourth-order valence-electron chi connectivity index (χ4n) is 1.80. The Morgan fingerprint density at radius 2 is 2.06 bits per heavy atom. The lowest BCUT2D eigenvalue weighted by Gasteiger charge is -2.03. The van der Waals surface area contributed by atoms with Crippen molar-refractivity contribution < 1.29 is 19.1 Å². The van der Waals surface area contributed by atoms with Gasteiger partial charge < -0.3 is 14.8 Å². The van der Waals surface area contributed by atoms with E-state index in [0.29, 0.717) is 22.2 Å². The van der Waals surface area contributed by atoms with E-state index in [9.17, 15) is 9.59 Å². The minimum absolute atomic E-state index is 0.0993. The smallest absolute Gasteiger partial charge is 0.372 e. The molecule has 2 aromatic rings. The van der Waals surface area contributed by atoms with Gasteiger partial charge in [-0.05, 0) is 19.1 Å². The van der Waals surface area contributed by atoms with Crippen LogP contribution in [0.3, 0.4) is 0 Å². The van der Waals surface area contributed by atoms with Crippen LogP contribution in [-0.2, 0) is 4.79 Å². The van der Waals surface area contributed by atoms with E-state index in [1.165, 1.54) is 6.92 Å². The number of furan rings is 1. The fraction of sp³-hybridized carbons (Fsp3) is 0.167. The molecule has 1 heterocycles. The first-order chi connectivity index (χ1) is 8.00. The van der Waals surface area contributed by atoms with Crippen LogP contribution in [0, 0.1) is 6.92 Å². The summed E-state index contributed by atoms with van der Waals surface area (Å²) in [6.45, 7) is 3.05. The predicted molar refractivity (Wildman–Crippen MR) is 62.2 cm³/mol. The molecule has 88 valence electrons. The summed E-state index contributed by atoms with van der Waals surface area (Å²) in [5.74, 6) is -1.43. The highest BCUT2D eigenvalue weighted by molar-refractivity contribution is 6.04. The Labute approximate surface area is 97.0 Å². The van der Waals surface area contributed by atoms with E-state index in [1.807, 2.05) is 0 Å². The summed E-state index contributed by atoms with van der Waals surface area (Å²) in [7, 11) is 0. The minimum Gasteiger partial charge on any atom is -0.475 e. The SMILES string of the molecule is CC(=O)Nc1cccc2oc(C(=O)O)c(C)c12. The Hall–Kier alpha value is -2.30. The van der Waals surface area contributed by atoms with E-state index in [2.05, 4.69) is 5.32 Å². The van der Waals surface area contributed by atoms with Gasteiger partial charge in [-0.15, -0.1) is 0 Å². The van der Waals surface area contributed by atoms with Gasteiger partial charge in [0, 0.05) is 17.9 Å². The molecule has 0 aliphatic rings. The molecular formula is C12H11NO4. The highest BCUT2D eigenvalue weighted by Gasteiger charge is 2.18. The van der Waals surface area contributed by atoms with E-state index in [0.717, 1.165) is 0 Å². The van der Waals surface area contributed by atoms with Gasteiger partial charge in [-0.3, -0.25) is 4.79 Å². The number of anilines is 1. The normalized spacial score (nSPS) is 10.5. The third-order valence-electron chi connectivity index (χ3n) is 2.46. The Morgan fingerprint density at radius 1 is 1.35 bits per heavy atom. The Bertz CT molecular complexity index is 612. The van der Waals surface area contributed by atoms with Crippen molar-refractivity contribution in [1.29, 1.82) is 0 Å². The van der Waals surface area contributed by atoms with Gasteiger partial charge in [0.25, 0.3) is 0 Å². The van der Waals surface area contributed by atoms with Crippen LogP contribution in [0.15, 0.2) is 22.6 Å². The minimum atomic E-state index is -1.12. The first kappa shape index (κ1) is 11.2. The molecule has 0 saturated carbocycles. The molecule has 0 saturated heterocycles. The van der Waals surface area contributed by atoms with Crippen LogP contribution in [0.2, 0.25) is 0 Å². The summed E-state index contributed by atoms with van der Waals surface area (Å²) in [5.41, 5.74) is 1.52. The molecule has 1 amide bonds. The van der Waals surface area contributed by atoms with Crippen molar-refractivity contribution in [1.82, 2.24) is 0 Å². The van der Waals surface area contributed by atoms with Crippen molar-refractivity contribution in [3.05, 3.63) is 29.5 Å². The molecule has 0 radical (unpaired) electrons. The van der Waals surface area contributed by atoms with Crippen molar-refractivity contribution in [3.63, 3.8) is 0 Å². The highest BCUT2D eigenvalue weighted by Crippen LogP contribution is 2.31. The standard InChI is InChI=1S/C12H11NO4/c1-6-10-8(13-7(2)14)4-3-5-9(10)17-11(6)12(15)16/h3-5H,1-2H3,(H,13,14)(H,15,16). The zero-order valence-corrected chi connectivity index (χ0v) is 9.40. The second kappa shape index (κ2) is 3.93. The molecule has 0 spiro atoms. The van der Waals surface area contributed by atoms with Crippen LogP contribution in [0.4, 0.5) is 5.69 Å². The van der Waals surface area contributed by atoms with Crippen molar-refractivity contribution >= 4 is 28.5 Å². The molecule has 17 heavy (non-hydrogen) atoms. The van der Waals surface area contributed by atoms with E-state index in [1.54, 1.807) is 25.1 Å². The van der Waals surface area contributed by atoms with E-state index >= 15 is 0 Å². The topological polar surface area (TPSA) is 79.5 Å². The van der Waals surface area contributed by atoms with E-state index in [4.69, 9.17) is 9.52 Å². The van der Waals surface area contributed by atoms with Crippen molar-refractivity contribution in [2.75, 3.05) is 5.32 Å². The molecule has 0 bridgehead atoms. The van der Waals surface area contributed by atoms with Gasteiger partial charge in [0.2, 0.25) is 11.7 Å². The summed E-state index contributed by atoms with van der Waals surface area (Å²) in [6.07, 6.45) is 0. The summed E-state index contributed by atoms with van der Waals surface area (Å²) in [5, 5.41) is 12.2. The Kier molecular flexibility index (Phi) is 2.59. The summed E-state index contributed by atoms with van der Waals surface area (Å²) in [4.78, 5) is 22.0. The van der Waals surface area contributed by atoms with Gasteiger partial charge in [0.15, 0.2) is 0 Å². The lowest BCUT2D eigenvalue weighted by atomic mass is 10.1. The quantitative estimate of drug-likeness (QED) is 0.834. The van der Waals surface area contributed by atoms with Crippen LogP contribution in [-0.4, -0.2) is 17.0 Å². The largest absolute Gasteiger partial charge is 0.475 e. The number of rotatable bonds is 2. The average Bonchev–Trinajstić information content (AvgIpc) is 2.56. The molecule has 0 unspecified atom stereocenters. The van der Waals surface area contributed by atoms with Crippen LogP contribution in [0.25, 0.3) is 11.0 Å². The number of benzene rings is 1. The Morgan fingerprint density at radius 3 is 2.65 bits per heavy atom. The second-order valence-electron chi connectivity index (χ2n) is 3.72. The number of hydrogen-bond acceptors (Lipinski definition) is 3. The van der Waals surface area contributed by atoms with Gasteiger partial charge in [-0.25, -0.2) is 4.79 Å². The molecule has 5 heteroatoms. The molecule has 1 aromatic heterocycles. The van der Waals surface area contributed by atoms with Crippen LogP contribution in [0.5, 0.6) is 0 Å². The number of amides is 1. The summed E-state index contributed by atoms with van der Waals surface area (Å²) < 4.78 is 5.23. The van der Waals surface area contributed by atoms with Gasteiger partial charge >= 0.3 is 5.97 Å². The number of carboxylic acid groups (broad SMARTS) is 1. The monoisotopic (exact) mass is 233 g/mol. The van der Waals surface area contributed by atoms with Crippen molar-refractivity contribution in [2.45, 2.75) is 13.8 Å². The number of aryl methyl sites for hydroxylation is 1. The van der Waals surface area contributed by atoms with E-state index < -0.39 is 5.97 Å². The molecular weight excluding hydrogens is 222 g/mol. The zero-order chi connectivity index (χ0) is 12.6. The molecule has 0 fully saturated rings. The number of carboxylic acids is 1. The maximum absolute atomic E-state index is 11.1. The summed E-state index contributed by atoms with van der Waals surface area (Å²) >= 11 is 0. The Balaban J connectivity index is 2.70. The number of carbonyl (C=O) groups excluding carboxylic acids is 1. The van der Waals surface area contributed by atoms with Gasteiger partial charge in [-0.2, -0.15) is 0 Å². The average molecular weight is 233 g/mol. The third kappa shape index (κ3) is 1.87. The lowest BCUT2D eigenvalue weighted by molar-refractivity contribution is -0.114. The van der Waals surface area contributed by atoms with Gasteiger partial charge in [0.05, 0.1) is 5.69 Å². The molecule has 2 rings (SSSR count). The van der Waals surface area contributed by atoms with Crippen molar-refractivity contribution in [3.8, 4) is 0 Å². The maximum atomic E-state index is 11.1. The second-order valence-corrected chi connectivity index (χ2v) is 3.72. The van der Waals surface area contributed by atoms with E-state index in [-0.39, 0.29) is 11.7 Å². The number of fused-ring (bicyclic) bond motifs is 1. The highest BCUT2D eigenvalue weighted by atomic mass is 16.4. The van der Waals surface area contributed by atoms with Crippen LogP contribution in [0.1, 0.15) is 23.0 Å².